The normalized spacial score (nSPS) is 14.6. The third-order valence-electron chi connectivity index (χ3n) is 6.05. The molecule has 0 fully saturated rings. The van der Waals surface area contributed by atoms with E-state index in [-0.39, 0.29) is 18.0 Å². The van der Waals surface area contributed by atoms with Gasteiger partial charge in [0.2, 0.25) is 8.32 Å². The Morgan fingerprint density at radius 1 is 0.686 bits per heavy atom. The second-order valence-corrected chi connectivity index (χ2v) is 21.0. The molecule has 0 aliphatic heterocycles. The second kappa shape index (κ2) is 19.5. The number of carbonyl (C=O) groups is 1. The van der Waals surface area contributed by atoms with Crippen LogP contribution in [0.2, 0.25) is 39.3 Å². The number of esters is 1. The molecule has 6 heteroatoms. The first-order valence-electron chi connectivity index (χ1n) is 14.6. The molecule has 0 aliphatic carbocycles. The molecule has 0 radical (unpaired) electrons. The van der Waals surface area contributed by atoms with Gasteiger partial charge in [-0.2, -0.15) is 0 Å². The van der Waals surface area contributed by atoms with Crippen molar-refractivity contribution in [2.75, 3.05) is 7.11 Å². The molecule has 0 amide bonds. The summed E-state index contributed by atoms with van der Waals surface area (Å²) in [6, 6.07) is 0. The predicted octanol–water partition coefficient (Wildman–Crippen LogP) is 9.62. The van der Waals surface area contributed by atoms with Crippen molar-refractivity contribution in [1.82, 2.24) is 0 Å². The van der Waals surface area contributed by atoms with Gasteiger partial charge in [-0.3, -0.25) is 4.79 Å². The summed E-state index contributed by atoms with van der Waals surface area (Å²) < 4.78 is 18.4. The molecule has 0 aromatic heterocycles. The van der Waals surface area contributed by atoms with Crippen molar-refractivity contribution in [2.24, 2.45) is 5.92 Å². The summed E-state index contributed by atoms with van der Waals surface area (Å²) in [7, 11) is -2.16. The maximum atomic E-state index is 12.8. The summed E-state index contributed by atoms with van der Waals surface area (Å²) in [5.74, 6) is 0.284. The summed E-state index contributed by atoms with van der Waals surface area (Å²) in [6.07, 6.45) is 20.3. The zero-order valence-electron chi connectivity index (χ0n) is 25.0. The average molecular weight is 529 g/mol. The Kier molecular flexibility index (Phi) is 19.2. The molecule has 0 aromatic rings. The fourth-order valence-electron chi connectivity index (χ4n) is 4.34. The Morgan fingerprint density at radius 2 is 1.14 bits per heavy atom. The molecule has 0 spiro atoms. The predicted molar refractivity (Wildman–Crippen MR) is 157 cm³/mol. The number of hydrogen-bond donors (Lipinski definition) is 0. The van der Waals surface area contributed by atoms with E-state index in [2.05, 4.69) is 59.2 Å². The van der Waals surface area contributed by atoms with E-state index in [1.54, 1.807) is 0 Å². The van der Waals surface area contributed by atoms with E-state index < -0.39 is 16.6 Å². The Morgan fingerprint density at radius 3 is 1.60 bits per heavy atom. The van der Waals surface area contributed by atoms with Crippen LogP contribution in [0.25, 0.3) is 0 Å². The minimum absolute atomic E-state index is 0.000341. The summed E-state index contributed by atoms with van der Waals surface area (Å²) in [5, 5.41) is 0. The standard InChI is InChI=1S/C29H60O4Si2/c1-10-12-14-16-17-18-19-20-21-23-26(32-34(4,5)6)25-28(33-35(7,8)9)27(29(30)31-3)24-22-15-13-11-2/h25-27H,10-24H2,1-9H3/t26-,27?/m1/s1. The molecule has 0 aromatic carbocycles. The number of rotatable bonds is 22. The molecule has 4 nitrogen and oxygen atoms in total. The van der Waals surface area contributed by atoms with Crippen LogP contribution in [0.3, 0.4) is 0 Å². The van der Waals surface area contributed by atoms with Crippen LogP contribution in [0.4, 0.5) is 0 Å². The third-order valence-corrected chi connectivity index (χ3v) is 7.90. The first-order chi connectivity index (χ1) is 16.4. The number of ether oxygens (including phenoxy) is 1. The van der Waals surface area contributed by atoms with Gasteiger partial charge in [-0.05, 0) is 58.2 Å². The lowest BCUT2D eigenvalue weighted by atomic mass is 9.97. The molecule has 0 saturated carbocycles. The first kappa shape index (κ1) is 34.4. The second-order valence-electron chi connectivity index (χ2n) is 12.1. The summed E-state index contributed by atoms with van der Waals surface area (Å²) in [5.41, 5.74) is 0. The van der Waals surface area contributed by atoms with Crippen LogP contribution in [0, 0.1) is 5.92 Å². The van der Waals surface area contributed by atoms with Gasteiger partial charge >= 0.3 is 5.97 Å². The van der Waals surface area contributed by atoms with Crippen molar-refractivity contribution in [1.29, 1.82) is 0 Å². The van der Waals surface area contributed by atoms with Crippen LogP contribution in [-0.2, 0) is 18.4 Å². The average Bonchev–Trinajstić information content (AvgIpc) is 2.75. The smallest absolute Gasteiger partial charge is 0.316 e. The Bertz CT molecular complexity index is 564. The quantitative estimate of drug-likeness (QED) is 0.0607. The van der Waals surface area contributed by atoms with Crippen molar-refractivity contribution in [2.45, 2.75) is 156 Å². The van der Waals surface area contributed by atoms with Crippen LogP contribution in [0.15, 0.2) is 11.8 Å². The lowest BCUT2D eigenvalue weighted by Gasteiger charge is -2.30. The molecule has 208 valence electrons. The number of carbonyl (C=O) groups excluding carboxylic acids is 1. The Balaban J connectivity index is 5.38. The summed E-state index contributed by atoms with van der Waals surface area (Å²) in [6.45, 7) is 17.8. The highest BCUT2D eigenvalue weighted by atomic mass is 28.4. The van der Waals surface area contributed by atoms with E-state index in [0.29, 0.717) is 0 Å². The highest BCUT2D eigenvalue weighted by Gasteiger charge is 2.31. The van der Waals surface area contributed by atoms with Crippen molar-refractivity contribution < 1.29 is 18.4 Å². The van der Waals surface area contributed by atoms with Gasteiger partial charge in [0.1, 0.15) is 5.92 Å². The van der Waals surface area contributed by atoms with Gasteiger partial charge in [-0.1, -0.05) is 97.3 Å². The minimum Gasteiger partial charge on any atom is -0.547 e. The fraction of sp³-hybridized carbons (Fsp3) is 0.897. The fourth-order valence-corrected chi connectivity index (χ4v) is 6.35. The Hall–Kier alpha value is -0.596. The maximum Gasteiger partial charge on any atom is 0.316 e. The molecule has 1 unspecified atom stereocenters. The van der Waals surface area contributed by atoms with Crippen molar-refractivity contribution in [3.63, 3.8) is 0 Å². The minimum atomic E-state index is -1.90. The molecule has 0 N–H and O–H groups in total. The molecule has 0 rings (SSSR count). The monoisotopic (exact) mass is 528 g/mol. The molecular weight excluding hydrogens is 468 g/mol. The van der Waals surface area contributed by atoms with Crippen molar-refractivity contribution >= 4 is 22.6 Å². The van der Waals surface area contributed by atoms with Gasteiger partial charge < -0.3 is 13.6 Å². The van der Waals surface area contributed by atoms with Crippen molar-refractivity contribution in [3.05, 3.63) is 11.8 Å². The van der Waals surface area contributed by atoms with Crippen molar-refractivity contribution in [3.8, 4) is 0 Å². The summed E-state index contributed by atoms with van der Waals surface area (Å²) >= 11 is 0. The van der Waals surface area contributed by atoms with Gasteiger partial charge in [0.25, 0.3) is 0 Å². The third kappa shape index (κ3) is 20.2. The zero-order valence-corrected chi connectivity index (χ0v) is 27.0. The van der Waals surface area contributed by atoms with E-state index in [0.717, 1.165) is 37.9 Å². The van der Waals surface area contributed by atoms with Gasteiger partial charge in [0.15, 0.2) is 8.32 Å². The molecule has 0 saturated heterocycles. The molecular formula is C29H60O4Si2. The van der Waals surface area contributed by atoms with Gasteiger partial charge in [0, 0.05) is 0 Å². The van der Waals surface area contributed by atoms with E-state index >= 15 is 0 Å². The van der Waals surface area contributed by atoms with E-state index in [4.69, 9.17) is 13.6 Å². The van der Waals surface area contributed by atoms with E-state index in [1.165, 1.54) is 71.3 Å². The molecule has 0 heterocycles. The zero-order chi connectivity index (χ0) is 26.7. The molecule has 0 bridgehead atoms. The largest absolute Gasteiger partial charge is 0.547 e. The Labute approximate surface area is 221 Å². The molecule has 2 atom stereocenters. The van der Waals surface area contributed by atoms with Crippen LogP contribution >= 0.6 is 0 Å². The van der Waals surface area contributed by atoms with Crippen LogP contribution in [0.5, 0.6) is 0 Å². The van der Waals surface area contributed by atoms with Gasteiger partial charge in [0.05, 0.1) is 19.0 Å². The van der Waals surface area contributed by atoms with Gasteiger partial charge in [-0.15, -0.1) is 0 Å². The first-order valence-corrected chi connectivity index (χ1v) is 21.4. The SMILES string of the molecule is CCCCCCCCCCC[C@H](C=C(O[Si](C)(C)C)C(CCCCCC)C(=O)OC)O[Si](C)(C)C. The maximum absolute atomic E-state index is 12.8. The van der Waals surface area contributed by atoms with Crippen LogP contribution in [0.1, 0.15) is 110 Å². The highest BCUT2D eigenvalue weighted by Crippen LogP contribution is 2.28. The highest BCUT2D eigenvalue weighted by molar-refractivity contribution is 6.70. The van der Waals surface area contributed by atoms with Gasteiger partial charge in [-0.25, -0.2) is 0 Å². The number of hydrogen-bond acceptors (Lipinski definition) is 4. The number of methoxy groups -OCH3 is 1. The lowest BCUT2D eigenvalue weighted by Crippen LogP contribution is -2.34. The molecule has 35 heavy (non-hydrogen) atoms. The van der Waals surface area contributed by atoms with Crippen LogP contribution in [-0.4, -0.2) is 35.8 Å². The number of unbranched alkanes of at least 4 members (excludes halogenated alkanes) is 11. The summed E-state index contributed by atoms with van der Waals surface area (Å²) in [4.78, 5) is 12.8. The lowest BCUT2D eigenvalue weighted by molar-refractivity contribution is -0.145. The van der Waals surface area contributed by atoms with Crippen LogP contribution < -0.4 is 0 Å². The molecule has 0 aliphatic rings. The topological polar surface area (TPSA) is 44.8 Å². The van der Waals surface area contributed by atoms with E-state index in [1.807, 2.05) is 0 Å². The van der Waals surface area contributed by atoms with E-state index in [9.17, 15) is 4.79 Å².